The van der Waals surface area contributed by atoms with Crippen LogP contribution in [0.1, 0.15) is 44.6 Å². The lowest BCUT2D eigenvalue weighted by Gasteiger charge is -2.16. The number of aromatic nitrogens is 4. The number of hydrogen-bond donors (Lipinski definition) is 1. The molecule has 0 amide bonds. The molecule has 5 nitrogen and oxygen atoms in total. The Labute approximate surface area is 100 Å². The van der Waals surface area contributed by atoms with Crippen LogP contribution >= 0.6 is 11.8 Å². The van der Waals surface area contributed by atoms with Crippen molar-refractivity contribution >= 4 is 11.8 Å². The summed E-state index contributed by atoms with van der Waals surface area (Å²) in [6.45, 7) is 5.30. The van der Waals surface area contributed by atoms with E-state index < -0.39 is 0 Å². The van der Waals surface area contributed by atoms with Crippen molar-refractivity contribution in [1.29, 1.82) is 0 Å². The average molecular weight is 241 g/mol. The van der Waals surface area contributed by atoms with Gasteiger partial charge in [-0.1, -0.05) is 6.92 Å². The molecule has 1 N–H and O–H groups in total. The highest BCUT2D eigenvalue weighted by Gasteiger charge is 2.23. The van der Waals surface area contributed by atoms with Gasteiger partial charge in [0.05, 0.1) is 12.1 Å². The fourth-order valence-corrected chi connectivity index (χ4v) is 3.10. The molecule has 0 radical (unpaired) electrons. The first-order valence-electron chi connectivity index (χ1n) is 5.91. The summed E-state index contributed by atoms with van der Waals surface area (Å²) in [4.78, 5) is 0. The minimum atomic E-state index is 0.237. The van der Waals surface area contributed by atoms with Gasteiger partial charge in [-0.25, -0.2) is 4.68 Å². The summed E-state index contributed by atoms with van der Waals surface area (Å²) in [6, 6.07) is 0.724. The molecule has 2 atom stereocenters. The summed E-state index contributed by atoms with van der Waals surface area (Å²) in [7, 11) is 0. The molecule has 16 heavy (non-hydrogen) atoms. The van der Waals surface area contributed by atoms with Gasteiger partial charge in [-0.3, -0.25) is 0 Å². The van der Waals surface area contributed by atoms with E-state index in [1.807, 2.05) is 16.4 Å². The number of tetrazole rings is 1. The van der Waals surface area contributed by atoms with E-state index in [-0.39, 0.29) is 6.04 Å². The highest BCUT2D eigenvalue weighted by molar-refractivity contribution is 7.99. The van der Waals surface area contributed by atoms with Gasteiger partial charge in [-0.15, -0.1) is 5.10 Å². The van der Waals surface area contributed by atoms with Gasteiger partial charge in [0.1, 0.15) is 0 Å². The standard InChI is InChI=1S/C10H19N5S/c1-3-5-11-8(2)10-12-13-14-15(10)9-4-6-16-7-9/h8-9,11H,3-7H2,1-2H3. The Bertz CT molecular complexity index is 321. The molecule has 2 rings (SSSR count). The summed E-state index contributed by atoms with van der Waals surface area (Å²) in [5, 5.41) is 15.5. The van der Waals surface area contributed by atoms with Crippen LogP contribution in [0.15, 0.2) is 0 Å². The predicted molar refractivity (Wildman–Crippen MR) is 65.5 cm³/mol. The SMILES string of the molecule is CCCNC(C)c1nnnn1C1CCSC1. The van der Waals surface area contributed by atoms with Crippen LogP contribution in [0.25, 0.3) is 0 Å². The zero-order valence-corrected chi connectivity index (χ0v) is 10.7. The van der Waals surface area contributed by atoms with Gasteiger partial charge in [0.2, 0.25) is 0 Å². The van der Waals surface area contributed by atoms with Gasteiger partial charge in [0.15, 0.2) is 5.82 Å². The lowest BCUT2D eigenvalue weighted by Crippen LogP contribution is -2.25. The van der Waals surface area contributed by atoms with Crippen LogP contribution in [-0.4, -0.2) is 38.3 Å². The Kier molecular flexibility index (Phi) is 4.17. The third kappa shape index (κ3) is 2.55. The fourth-order valence-electron chi connectivity index (χ4n) is 1.91. The monoisotopic (exact) mass is 241 g/mol. The molecule has 2 heterocycles. The largest absolute Gasteiger partial charge is 0.307 e. The molecular weight excluding hydrogens is 222 g/mol. The van der Waals surface area contributed by atoms with E-state index in [9.17, 15) is 0 Å². The molecule has 6 heteroatoms. The van der Waals surface area contributed by atoms with Crippen LogP contribution in [0.5, 0.6) is 0 Å². The van der Waals surface area contributed by atoms with E-state index in [0.717, 1.165) is 24.5 Å². The molecule has 1 aromatic rings. The third-order valence-electron chi connectivity index (χ3n) is 2.86. The molecule has 0 saturated carbocycles. The van der Waals surface area contributed by atoms with Crippen LogP contribution in [0.2, 0.25) is 0 Å². The van der Waals surface area contributed by atoms with E-state index >= 15 is 0 Å². The van der Waals surface area contributed by atoms with E-state index in [1.165, 1.54) is 12.2 Å². The zero-order chi connectivity index (χ0) is 11.4. The first kappa shape index (κ1) is 11.9. The van der Waals surface area contributed by atoms with Crippen molar-refractivity contribution in [3.8, 4) is 0 Å². The molecule has 0 aliphatic carbocycles. The second-order valence-corrected chi connectivity index (χ2v) is 5.32. The van der Waals surface area contributed by atoms with Crippen LogP contribution in [-0.2, 0) is 0 Å². The minimum absolute atomic E-state index is 0.237. The maximum Gasteiger partial charge on any atom is 0.168 e. The van der Waals surface area contributed by atoms with Crippen LogP contribution < -0.4 is 5.32 Å². The first-order chi connectivity index (χ1) is 7.83. The van der Waals surface area contributed by atoms with E-state index in [2.05, 4.69) is 34.7 Å². The van der Waals surface area contributed by atoms with Crippen LogP contribution in [0, 0.1) is 0 Å². The second-order valence-electron chi connectivity index (χ2n) is 4.17. The molecule has 0 spiro atoms. The van der Waals surface area contributed by atoms with E-state index in [4.69, 9.17) is 0 Å². The smallest absolute Gasteiger partial charge is 0.168 e. The molecule has 0 bridgehead atoms. The summed E-state index contributed by atoms with van der Waals surface area (Å²) in [5.41, 5.74) is 0. The topological polar surface area (TPSA) is 55.6 Å². The molecule has 90 valence electrons. The molecule has 2 unspecified atom stereocenters. The zero-order valence-electron chi connectivity index (χ0n) is 9.89. The van der Waals surface area contributed by atoms with Gasteiger partial charge in [-0.2, -0.15) is 11.8 Å². The average Bonchev–Trinajstić information content (AvgIpc) is 2.94. The van der Waals surface area contributed by atoms with Gasteiger partial charge in [0.25, 0.3) is 0 Å². The van der Waals surface area contributed by atoms with E-state index in [1.54, 1.807) is 0 Å². The van der Waals surface area contributed by atoms with Gasteiger partial charge in [-0.05, 0) is 42.5 Å². The van der Waals surface area contributed by atoms with Crippen LogP contribution in [0.4, 0.5) is 0 Å². The maximum absolute atomic E-state index is 4.14. The number of thioether (sulfide) groups is 1. The van der Waals surface area contributed by atoms with Crippen molar-refractivity contribution in [3.63, 3.8) is 0 Å². The molecule has 1 fully saturated rings. The van der Waals surface area contributed by atoms with Gasteiger partial charge < -0.3 is 5.32 Å². The summed E-state index contributed by atoms with van der Waals surface area (Å²) >= 11 is 1.98. The minimum Gasteiger partial charge on any atom is -0.307 e. The third-order valence-corrected chi connectivity index (χ3v) is 4.00. The number of hydrogen-bond acceptors (Lipinski definition) is 5. The second kappa shape index (κ2) is 5.63. The lowest BCUT2D eigenvalue weighted by molar-refractivity contribution is 0.433. The molecular formula is C10H19N5S. The first-order valence-corrected chi connectivity index (χ1v) is 7.07. The Morgan fingerprint density at radius 1 is 1.62 bits per heavy atom. The fraction of sp³-hybridized carbons (Fsp3) is 0.900. The Hall–Kier alpha value is -0.620. The molecule has 0 aromatic carbocycles. The maximum atomic E-state index is 4.14. The van der Waals surface area contributed by atoms with Crippen molar-refractivity contribution in [2.24, 2.45) is 0 Å². The highest BCUT2D eigenvalue weighted by Crippen LogP contribution is 2.28. The number of rotatable bonds is 5. The summed E-state index contributed by atoms with van der Waals surface area (Å²) in [6.07, 6.45) is 2.31. The number of nitrogens with one attached hydrogen (secondary N) is 1. The van der Waals surface area contributed by atoms with Crippen molar-refractivity contribution in [2.75, 3.05) is 18.1 Å². The lowest BCUT2D eigenvalue weighted by atomic mass is 10.2. The van der Waals surface area contributed by atoms with Crippen molar-refractivity contribution < 1.29 is 0 Å². The molecule has 1 aromatic heterocycles. The summed E-state index contributed by atoms with van der Waals surface area (Å²) in [5.74, 6) is 3.33. The Morgan fingerprint density at radius 3 is 3.19 bits per heavy atom. The van der Waals surface area contributed by atoms with Crippen molar-refractivity contribution in [2.45, 2.75) is 38.8 Å². The summed E-state index contributed by atoms with van der Waals surface area (Å²) < 4.78 is 2.01. The van der Waals surface area contributed by atoms with Crippen molar-refractivity contribution in [1.82, 2.24) is 25.5 Å². The highest BCUT2D eigenvalue weighted by atomic mass is 32.2. The van der Waals surface area contributed by atoms with Gasteiger partial charge in [0, 0.05) is 5.75 Å². The van der Waals surface area contributed by atoms with Gasteiger partial charge >= 0.3 is 0 Å². The molecule has 1 aliphatic rings. The van der Waals surface area contributed by atoms with Crippen molar-refractivity contribution in [3.05, 3.63) is 5.82 Å². The number of nitrogens with zero attached hydrogens (tertiary/aromatic N) is 4. The predicted octanol–water partition coefficient (Wildman–Crippen LogP) is 1.41. The normalized spacial score (nSPS) is 22.5. The Morgan fingerprint density at radius 2 is 2.50 bits per heavy atom. The van der Waals surface area contributed by atoms with Crippen LogP contribution in [0.3, 0.4) is 0 Å². The molecule has 1 saturated heterocycles. The quantitative estimate of drug-likeness (QED) is 0.844. The van der Waals surface area contributed by atoms with E-state index in [0.29, 0.717) is 6.04 Å². The molecule has 1 aliphatic heterocycles. The Balaban J connectivity index is 2.05.